The predicted molar refractivity (Wildman–Crippen MR) is 137 cm³/mol. The van der Waals surface area contributed by atoms with Crippen molar-refractivity contribution in [3.63, 3.8) is 0 Å². The van der Waals surface area contributed by atoms with E-state index in [1.807, 2.05) is 43.9 Å². The lowest BCUT2D eigenvalue weighted by atomic mass is 9.96. The number of piperazine rings is 1. The number of nitrogens with zero attached hydrogens (tertiary/aromatic N) is 5. The maximum Gasteiger partial charge on any atom is 0.243 e. The number of piperidine rings is 1. The van der Waals surface area contributed by atoms with E-state index >= 15 is 0 Å². The van der Waals surface area contributed by atoms with Crippen LogP contribution in [0, 0.1) is 26.7 Å². The quantitative estimate of drug-likeness (QED) is 0.628. The Morgan fingerprint density at radius 3 is 2.20 bits per heavy atom. The fourth-order valence-corrected chi connectivity index (χ4v) is 6.66. The van der Waals surface area contributed by atoms with Gasteiger partial charge < -0.3 is 9.80 Å². The van der Waals surface area contributed by atoms with Crippen LogP contribution in [-0.2, 0) is 14.8 Å². The number of anilines is 1. The number of aromatic nitrogens is 2. The van der Waals surface area contributed by atoms with Gasteiger partial charge in [-0.1, -0.05) is 31.5 Å². The Balaban J connectivity index is 1.33. The summed E-state index contributed by atoms with van der Waals surface area (Å²) in [6.07, 6.45) is 1.12. The molecule has 190 valence electrons. The molecule has 2 aliphatic rings. The monoisotopic (exact) mass is 499 g/mol. The van der Waals surface area contributed by atoms with Crippen molar-refractivity contribution in [1.29, 1.82) is 0 Å². The van der Waals surface area contributed by atoms with E-state index in [9.17, 15) is 13.2 Å². The summed E-state index contributed by atoms with van der Waals surface area (Å²) in [5.74, 6) is 2.07. The van der Waals surface area contributed by atoms with Crippen molar-refractivity contribution in [2.75, 3.05) is 44.2 Å². The molecule has 3 heterocycles. The average Bonchev–Trinajstić information content (AvgIpc) is 2.83. The highest BCUT2D eigenvalue weighted by Crippen LogP contribution is 2.28. The number of amides is 1. The molecule has 2 saturated heterocycles. The minimum atomic E-state index is -3.55. The Morgan fingerprint density at radius 1 is 0.943 bits per heavy atom. The van der Waals surface area contributed by atoms with Gasteiger partial charge in [0.25, 0.3) is 0 Å². The molecule has 1 amide bonds. The van der Waals surface area contributed by atoms with Gasteiger partial charge in [0.1, 0.15) is 11.6 Å². The second-order valence-electron chi connectivity index (χ2n) is 10.1. The number of carbonyl (C=O) groups is 1. The van der Waals surface area contributed by atoms with E-state index in [0.29, 0.717) is 43.9 Å². The molecule has 0 N–H and O–H groups in total. The maximum atomic E-state index is 13.2. The first-order valence-electron chi connectivity index (χ1n) is 12.5. The summed E-state index contributed by atoms with van der Waals surface area (Å²) in [4.78, 5) is 27.0. The molecule has 0 spiro atoms. The lowest BCUT2D eigenvalue weighted by Crippen LogP contribution is -2.52. The molecule has 0 aliphatic carbocycles. The van der Waals surface area contributed by atoms with Gasteiger partial charge in [-0.3, -0.25) is 4.79 Å². The fourth-order valence-electron chi connectivity index (χ4n) is 4.98. The van der Waals surface area contributed by atoms with Crippen LogP contribution in [0.3, 0.4) is 0 Å². The predicted octanol–water partition coefficient (Wildman–Crippen LogP) is 3.27. The summed E-state index contributed by atoms with van der Waals surface area (Å²) in [5, 5.41) is 0. The Kier molecular flexibility index (Phi) is 7.47. The molecule has 0 bridgehead atoms. The molecule has 2 aliphatic heterocycles. The van der Waals surface area contributed by atoms with E-state index in [1.165, 1.54) is 4.31 Å². The van der Waals surface area contributed by atoms with Crippen LogP contribution < -0.4 is 4.90 Å². The van der Waals surface area contributed by atoms with Gasteiger partial charge in [0.15, 0.2) is 0 Å². The molecular formula is C26H37N5O3S. The van der Waals surface area contributed by atoms with E-state index in [4.69, 9.17) is 4.98 Å². The largest absolute Gasteiger partial charge is 0.353 e. The number of aryl methyl sites for hydroxylation is 3. The molecule has 4 rings (SSSR count). The van der Waals surface area contributed by atoms with Crippen LogP contribution in [0.2, 0.25) is 0 Å². The zero-order valence-corrected chi connectivity index (χ0v) is 22.3. The first-order chi connectivity index (χ1) is 16.6. The lowest BCUT2D eigenvalue weighted by Gasteiger charge is -2.39. The summed E-state index contributed by atoms with van der Waals surface area (Å²) in [5.41, 5.74) is 2.77. The first-order valence-corrected chi connectivity index (χ1v) is 14.0. The van der Waals surface area contributed by atoms with E-state index in [2.05, 4.69) is 23.7 Å². The van der Waals surface area contributed by atoms with E-state index in [1.54, 1.807) is 6.07 Å². The van der Waals surface area contributed by atoms with Crippen LogP contribution in [0.4, 0.5) is 5.82 Å². The van der Waals surface area contributed by atoms with Gasteiger partial charge in [-0.05, 0) is 45.2 Å². The van der Waals surface area contributed by atoms with Crippen molar-refractivity contribution in [3.8, 4) is 0 Å². The minimum Gasteiger partial charge on any atom is -0.353 e. The smallest absolute Gasteiger partial charge is 0.243 e. The number of rotatable bonds is 5. The van der Waals surface area contributed by atoms with Gasteiger partial charge in [-0.2, -0.15) is 4.31 Å². The van der Waals surface area contributed by atoms with Gasteiger partial charge in [0, 0.05) is 62.9 Å². The summed E-state index contributed by atoms with van der Waals surface area (Å²) < 4.78 is 27.9. The third kappa shape index (κ3) is 5.51. The second kappa shape index (κ2) is 10.2. The molecule has 0 atom stereocenters. The molecule has 1 aromatic heterocycles. The summed E-state index contributed by atoms with van der Waals surface area (Å²) >= 11 is 0. The SMILES string of the molecule is Cc1ccc(S(=O)(=O)N2CCC(C(=O)N3CCN(c4cc(C)nc(C(C)C)n4)CC3)CC2)c(C)c1. The fraction of sp³-hybridized carbons (Fsp3) is 0.577. The Morgan fingerprint density at radius 2 is 1.60 bits per heavy atom. The van der Waals surface area contributed by atoms with Gasteiger partial charge in [0.05, 0.1) is 4.90 Å². The third-order valence-corrected chi connectivity index (χ3v) is 9.10. The van der Waals surface area contributed by atoms with Gasteiger partial charge in [-0.15, -0.1) is 0 Å². The van der Waals surface area contributed by atoms with Crippen molar-refractivity contribution in [3.05, 3.63) is 46.9 Å². The van der Waals surface area contributed by atoms with Crippen molar-refractivity contribution >= 4 is 21.7 Å². The maximum absolute atomic E-state index is 13.2. The second-order valence-corrected chi connectivity index (χ2v) is 12.0. The number of benzene rings is 1. The Hall–Kier alpha value is -2.52. The summed E-state index contributed by atoms with van der Waals surface area (Å²) in [6, 6.07) is 7.44. The first kappa shape index (κ1) is 25.6. The highest BCUT2D eigenvalue weighted by atomic mass is 32.2. The molecule has 8 nitrogen and oxygen atoms in total. The Bertz CT molecular complexity index is 1180. The van der Waals surface area contributed by atoms with E-state index < -0.39 is 10.0 Å². The number of hydrogen-bond donors (Lipinski definition) is 0. The third-order valence-electron chi connectivity index (χ3n) is 7.04. The van der Waals surface area contributed by atoms with Crippen molar-refractivity contribution in [2.45, 2.75) is 58.3 Å². The zero-order valence-electron chi connectivity index (χ0n) is 21.5. The standard InChI is InChI=1S/C26H37N5O3S/c1-18(2)25-27-21(5)17-24(28-25)29-12-14-30(15-13-29)26(32)22-8-10-31(11-9-22)35(33,34)23-7-6-19(3)16-20(23)4/h6-7,16-18,22H,8-15H2,1-5H3. The van der Waals surface area contributed by atoms with Crippen LogP contribution in [0.15, 0.2) is 29.2 Å². The number of sulfonamides is 1. The van der Waals surface area contributed by atoms with Crippen LogP contribution in [0.5, 0.6) is 0 Å². The molecule has 1 aromatic carbocycles. The normalized spacial score (nSPS) is 18.3. The molecule has 2 aromatic rings. The molecule has 0 saturated carbocycles. The van der Waals surface area contributed by atoms with E-state index in [0.717, 1.165) is 41.6 Å². The van der Waals surface area contributed by atoms with E-state index in [-0.39, 0.29) is 17.7 Å². The molecule has 9 heteroatoms. The topological polar surface area (TPSA) is 86.7 Å². The lowest BCUT2D eigenvalue weighted by molar-refractivity contribution is -0.137. The summed E-state index contributed by atoms with van der Waals surface area (Å²) in [6.45, 7) is 13.5. The zero-order chi connectivity index (χ0) is 25.3. The molecular weight excluding hydrogens is 462 g/mol. The molecule has 0 radical (unpaired) electrons. The van der Waals surface area contributed by atoms with Crippen LogP contribution in [0.25, 0.3) is 0 Å². The van der Waals surface area contributed by atoms with Crippen LogP contribution in [-0.4, -0.2) is 72.8 Å². The van der Waals surface area contributed by atoms with Crippen LogP contribution >= 0.6 is 0 Å². The van der Waals surface area contributed by atoms with Gasteiger partial charge in [-0.25, -0.2) is 18.4 Å². The highest BCUT2D eigenvalue weighted by Gasteiger charge is 2.35. The molecule has 0 unspecified atom stereocenters. The number of carbonyl (C=O) groups excluding carboxylic acids is 1. The summed E-state index contributed by atoms with van der Waals surface area (Å²) in [7, 11) is -3.55. The van der Waals surface area contributed by atoms with Crippen molar-refractivity contribution in [1.82, 2.24) is 19.2 Å². The highest BCUT2D eigenvalue weighted by molar-refractivity contribution is 7.89. The molecule has 2 fully saturated rings. The van der Waals surface area contributed by atoms with Gasteiger partial charge >= 0.3 is 0 Å². The molecule has 35 heavy (non-hydrogen) atoms. The van der Waals surface area contributed by atoms with Crippen molar-refractivity contribution in [2.24, 2.45) is 5.92 Å². The average molecular weight is 500 g/mol. The van der Waals surface area contributed by atoms with Crippen molar-refractivity contribution < 1.29 is 13.2 Å². The van der Waals surface area contributed by atoms with Crippen LogP contribution in [0.1, 0.15) is 55.3 Å². The minimum absolute atomic E-state index is 0.124. The Labute approximate surface area is 209 Å². The number of hydrogen-bond acceptors (Lipinski definition) is 6. The van der Waals surface area contributed by atoms with Gasteiger partial charge in [0.2, 0.25) is 15.9 Å².